The fourth-order valence-electron chi connectivity index (χ4n) is 1.05. The van der Waals surface area contributed by atoms with Crippen molar-refractivity contribution in [3.05, 3.63) is 11.1 Å². The number of hydrogen-bond acceptors (Lipinski definition) is 4. The molecule has 0 aliphatic carbocycles. The minimum Gasteiger partial charge on any atom is -0.357 e. The number of nitrogens with zero attached hydrogens (tertiary/aromatic N) is 2. The lowest BCUT2D eigenvalue weighted by molar-refractivity contribution is -0.121. The van der Waals surface area contributed by atoms with E-state index in [9.17, 15) is 4.79 Å². The maximum atomic E-state index is 11.4. The maximum absolute atomic E-state index is 11.4. The van der Waals surface area contributed by atoms with Gasteiger partial charge in [0.25, 0.3) is 0 Å². The molecule has 1 rings (SSSR count). The Labute approximate surface area is 88.0 Å². The summed E-state index contributed by atoms with van der Waals surface area (Å²) in [5.74, 6) is 0.000327. The van der Waals surface area contributed by atoms with Gasteiger partial charge in [0.05, 0.1) is 5.69 Å². The van der Waals surface area contributed by atoms with Gasteiger partial charge >= 0.3 is 0 Å². The highest BCUT2D eigenvalue weighted by Crippen LogP contribution is 2.20. The van der Waals surface area contributed by atoms with Crippen LogP contribution in [0, 0.1) is 6.92 Å². The van der Waals surface area contributed by atoms with Crippen LogP contribution in [0.2, 0.25) is 0 Å². The van der Waals surface area contributed by atoms with Crippen molar-refractivity contribution in [2.75, 3.05) is 19.0 Å². The van der Waals surface area contributed by atoms with Crippen LogP contribution in [0.5, 0.6) is 0 Å². The molecule has 0 bridgehead atoms. The Kier molecular flexibility index (Phi) is 3.46. The maximum Gasteiger partial charge on any atom is 0.242 e. The quantitative estimate of drug-likeness (QED) is 0.815. The Hall–Kier alpha value is -1.10. The molecule has 1 amide bonds. The van der Waals surface area contributed by atoms with E-state index in [0.717, 1.165) is 10.8 Å². The molecule has 0 aliphatic rings. The first-order chi connectivity index (χ1) is 6.56. The van der Waals surface area contributed by atoms with Crippen LogP contribution in [-0.2, 0) is 4.79 Å². The zero-order chi connectivity index (χ0) is 10.7. The Bertz CT molecular complexity index is 324. The number of aromatic nitrogens is 1. The number of amides is 1. The molecule has 1 aromatic heterocycles. The van der Waals surface area contributed by atoms with E-state index < -0.39 is 0 Å². The minimum absolute atomic E-state index is 0.000327. The fraction of sp³-hybridized carbons (Fsp3) is 0.556. The van der Waals surface area contributed by atoms with E-state index in [1.165, 1.54) is 0 Å². The Morgan fingerprint density at radius 1 is 1.71 bits per heavy atom. The van der Waals surface area contributed by atoms with Crippen LogP contribution in [0.15, 0.2) is 5.38 Å². The summed E-state index contributed by atoms with van der Waals surface area (Å²) in [7, 11) is 3.51. The summed E-state index contributed by atoms with van der Waals surface area (Å²) in [4.78, 5) is 17.5. The number of anilines is 1. The Morgan fingerprint density at radius 3 is 2.79 bits per heavy atom. The van der Waals surface area contributed by atoms with Gasteiger partial charge in [-0.15, -0.1) is 11.3 Å². The molecule has 0 radical (unpaired) electrons. The van der Waals surface area contributed by atoms with Crippen molar-refractivity contribution < 1.29 is 4.79 Å². The molecule has 1 N–H and O–H groups in total. The van der Waals surface area contributed by atoms with Crippen LogP contribution >= 0.6 is 11.3 Å². The molecule has 4 nitrogen and oxygen atoms in total. The predicted octanol–water partition coefficient (Wildman–Crippen LogP) is 1.02. The summed E-state index contributed by atoms with van der Waals surface area (Å²) in [6.07, 6.45) is 0. The van der Waals surface area contributed by atoms with Gasteiger partial charge in [-0.3, -0.25) is 4.79 Å². The fourth-order valence-corrected chi connectivity index (χ4v) is 1.90. The SMILES string of the molecule is CNC(=O)[C@H](C)N(C)c1nc(C)cs1. The lowest BCUT2D eigenvalue weighted by Crippen LogP contribution is -2.41. The van der Waals surface area contributed by atoms with Crippen molar-refractivity contribution in [1.82, 2.24) is 10.3 Å². The smallest absolute Gasteiger partial charge is 0.242 e. The highest BCUT2D eigenvalue weighted by molar-refractivity contribution is 7.13. The van der Waals surface area contributed by atoms with Gasteiger partial charge in [0.15, 0.2) is 5.13 Å². The summed E-state index contributed by atoms with van der Waals surface area (Å²) in [6.45, 7) is 3.80. The number of carbonyl (C=O) groups excluding carboxylic acids is 1. The lowest BCUT2D eigenvalue weighted by atomic mass is 10.3. The number of hydrogen-bond donors (Lipinski definition) is 1. The molecule has 0 unspecified atom stereocenters. The van der Waals surface area contributed by atoms with Gasteiger partial charge in [-0.2, -0.15) is 0 Å². The van der Waals surface area contributed by atoms with Crippen LogP contribution in [0.1, 0.15) is 12.6 Å². The second kappa shape index (κ2) is 4.41. The first-order valence-corrected chi connectivity index (χ1v) is 5.30. The van der Waals surface area contributed by atoms with Crippen LogP contribution < -0.4 is 10.2 Å². The third kappa shape index (κ3) is 2.23. The number of carbonyl (C=O) groups is 1. The summed E-state index contributed by atoms with van der Waals surface area (Å²) in [5.41, 5.74) is 0.987. The van der Waals surface area contributed by atoms with E-state index in [1.54, 1.807) is 18.4 Å². The van der Waals surface area contributed by atoms with Crippen molar-refractivity contribution in [2.45, 2.75) is 19.9 Å². The molecule has 14 heavy (non-hydrogen) atoms. The van der Waals surface area contributed by atoms with Gasteiger partial charge in [-0.05, 0) is 13.8 Å². The number of aryl methyl sites for hydroxylation is 1. The standard InChI is InChI=1S/C9H15N3OS/c1-6-5-14-9(11-6)12(4)7(2)8(13)10-3/h5,7H,1-4H3,(H,10,13)/t7-/m0/s1. The summed E-state index contributed by atoms with van der Waals surface area (Å²) >= 11 is 1.55. The molecule has 78 valence electrons. The van der Waals surface area contributed by atoms with Crippen LogP contribution in [-0.4, -0.2) is 31.0 Å². The van der Waals surface area contributed by atoms with Crippen LogP contribution in [0.3, 0.4) is 0 Å². The Balaban J connectivity index is 2.74. The molecule has 0 aromatic carbocycles. The van der Waals surface area contributed by atoms with Gasteiger partial charge in [-0.25, -0.2) is 4.98 Å². The van der Waals surface area contributed by atoms with Gasteiger partial charge in [0, 0.05) is 19.5 Å². The van der Waals surface area contributed by atoms with Crippen LogP contribution in [0.25, 0.3) is 0 Å². The van der Waals surface area contributed by atoms with Gasteiger partial charge in [-0.1, -0.05) is 0 Å². The first kappa shape index (κ1) is 11.0. The van der Waals surface area contributed by atoms with E-state index in [4.69, 9.17) is 0 Å². The highest BCUT2D eigenvalue weighted by Gasteiger charge is 2.18. The largest absolute Gasteiger partial charge is 0.357 e. The third-order valence-corrected chi connectivity index (χ3v) is 3.16. The zero-order valence-electron chi connectivity index (χ0n) is 8.87. The summed E-state index contributed by atoms with van der Waals surface area (Å²) < 4.78 is 0. The average molecular weight is 213 g/mol. The summed E-state index contributed by atoms with van der Waals surface area (Å²) in [6, 6.07) is -0.189. The monoisotopic (exact) mass is 213 g/mol. The molecule has 5 heteroatoms. The molecule has 0 saturated heterocycles. The second-order valence-electron chi connectivity index (χ2n) is 3.17. The molecular weight excluding hydrogens is 198 g/mol. The Morgan fingerprint density at radius 2 is 2.36 bits per heavy atom. The van der Waals surface area contributed by atoms with Crippen LogP contribution in [0.4, 0.5) is 5.13 Å². The van der Waals surface area contributed by atoms with Crippen molar-refractivity contribution in [3.8, 4) is 0 Å². The van der Waals surface area contributed by atoms with Crippen molar-refractivity contribution in [2.24, 2.45) is 0 Å². The van der Waals surface area contributed by atoms with E-state index >= 15 is 0 Å². The van der Waals surface area contributed by atoms with E-state index in [0.29, 0.717) is 0 Å². The van der Waals surface area contributed by atoms with Crippen molar-refractivity contribution in [3.63, 3.8) is 0 Å². The summed E-state index contributed by atoms with van der Waals surface area (Å²) in [5, 5.41) is 5.47. The van der Waals surface area contributed by atoms with Gasteiger partial charge < -0.3 is 10.2 Å². The lowest BCUT2D eigenvalue weighted by Gasteiger charge is -2.22. The normalized spacial score (nSPS) is 12.3. The minimum atomic E-state index is -0.189. The predicted molar refractivity (Wildman–Crippen MR) is 58.8 cm³/mol. The first-order valence-electron chi connectivity index (χ1n) is 4.42. The molecular formula is C9H15N3OS. The van der Waals surface area contributed by atoms with E-state index in [1.807, 2.05) is 31.2 Å². The zero-order valence-corrected chi connectivity index (χ0v) is 9.68. The third-order valence-electron chi connectivity index (χ3n) is 2.12. The highest BCUT2D eigenvalue weighted by atomic mass is 32.1. The number of nitrogens with one attached hydrogen (secondary N) is 1. The van der Waals surface area contributed by atoms with Crippen molar-refractivity contribution in [1.29, 1.82) is 0 Å². The molecule has 1 atom stereocenters. The molecule has 1 heterocycles. The van der Waals surface area contributed by atoms with Gasteiger partial charge in [0.2, 0.25) is 5.91 Å². The topological polar surface area (TPSA) is 45.2 Å². The molecule has 0 spiro atoms. The number of thiazole rings is 1. The number of likely N-dealkylation sites (N-methyl/N-ethyl adjacent to an activating group) is 2. The molecule has 0 aliphatic heterocycles. The second-order valence-corrected chi connectivity index (χ2v) is 4.01. The van der Waals surface area contributed by atoms with E-state index in [2.05, 4.69) is 10.3 Å². The molecule has 0 saturated carbocycles. The van der Waals surface area contributed by atoms with E-state index in [-0.39, 0.29) is 11.9 Å². The molecule has 0 fully saturated rings. The van der Waals surface area contributed by atoms with Crippen molar-refractivity contribution >= 4 is 22.4 Å². The number of rotatable bonds is 3. The molecule has 1 aromatic rings. The van der Waals surface area contributed by atoms with Gasteiger partial charge in [0.1, 0.15) is 6.04 Å². The average Bonchev–Trinajstić information content (AvgIpc) is 2.61.